The molecule has 0 saturated carbocycles. The molecule has 0 saturated heterocycles. The van der Waals surface area contributed by atoms with Crippen molar-refractivity contribution in [2.45, 2.75) is 13.3 Å². The van der Waals surface area contributed by atoms with E-state index in [4.69, 9.17) is 4.74 Å². The Hall–Kier alpha value is -2.96. The van der Waals surface area contributed by atoms with Gasteiger partial charge in [0.05, 0.1) is 17.1 Å². The number of nitrogens with zero attached hydrogens (tertiary/aromatic N) is 1. The van der Waals surface area contributed by atoms with Gasteiger partial charge in [-0.2, -0.15) is 0 Å². The average Bonchev–Trinajstić information content (AvgIpc) is 2.57. The highest BCUT2D eigenvalue weighted by Crippen LogP contribution is 2.22. The Labute approximate surface area is 138 Å². The maximum absolute atomic E-state index is 13.7. The fourth-order valence-corrected chi connectivity index (χ4v) is 2.07. The Bertz CT molecular complexity index is 735. The predicted molar refractivity (Wildman–Crippen MR) is 86.7 cm³/mol. The summed E-state index contributed by atoms with van der Waals surface area (Å²) in [6.45, 7) is 2.03. The lowest BCUT2D eigenvalue weighted by molar-refractivity contribution is -0.385. The minimum Gasteiger partial charge on any atom is -0.494 e. The number of ether oxygens (including phenoxy) is 1. The molecule has 0 fully saturated rings. The molecule has 0 unspecified atom stereocenters. The summed E-state index contributed by atoms with van der Waals surface area (Å²) >= 11 is 0. The normalized spacial score (nSPS) is 10.2. The number of nitrogens with one attached hydrogen (secondary N) is 1. The van der Waals surface area contributed by atoms with Crippen LogP contribution in [0.5, 0.6) is 5.75 Å². The Morgan fingerprint density at radius 3 is 2.67 bits per heavy atom. The molecule has 6 nitrogen and oxygen atoms in total. The van der Waals surface area contributed by atoms with Gasteiger partial charge in [-0.3, -0.25) is 14.9 Å². The number of benzene rings is 2. The number of nitro groups is 1. The van der Waals surface area contributed by atoms with Gasteiger partial charge in [0.1, 0.15) is 11.6 Å². The second kappa shape index (κ2) is 8.05. The summed E-state index contributed by atoms with van der Waals surface area (Å²) in [5.74, 6) is -0.599. The molecule has 126 valence electrons. The standard InChI is InChI=1S/C17H17FN2O4/c1-12-15(18)10-13(11-16(12)20(22)23)17(21)19-8-5-9-24-14-6-3-2-4-7-14/h2-4,6-7,10-11H,5,8-9H2,1H3,(H,19,21). The Kier molecular flexibility index (Phi) is 5.83. The van der Waals surface area contributed by atoms with E-state index in [1.807, 2.05) is 30.3 Å². The third kappa shape index (κ3) is 4.52. The summed E-state index contributed by atoms with van der Waals surface area (Å²) in [5, 5.41) is 13.5. The number of nitro benzene ring substituents is 1. The van der Waals surface area contributed by atoms with Crippen molar-refractivity contribution in [1.82, 2.24) is 5.32 Å². The molecule has 0 aliphatic carbocycles. The first-order valence-electron chi connectivity index (χ1n) is 7.39. The van der Waals surface area contributed by atoms with E-state index in [0.29, 0.717) is 19.6 Å². The maximum Gasteiger partial charge on any atom is 0.276 e. The molecule has 7 heteroatoms. The fourth-order valence-electron chi connectivity index (χ4n) is 2.07. The van der Waals surface area contributed by atoms with Gasteiger partial charge >= 0.3 is 0 Å². The molecule has 0 aliphatic heterocycles. The molecule has 24 heavy (non-hydrogen) atoms. The van der Waals surface area contributed by atoms with Gasteiger partial charge in [-0.1, -0.05) is 18.2 Å². The van der Waals surface area contributed by atoms with Crippen LogP contribution in [0.1, 0.15) is 22.3 Å². The summed E-state index contributed by atoms with van der Waals surface area (Å²) < 4.78 is 19.2. The van der Waals surface area contributed by atoms with Crippen molar-refractivity contribution in [3.05, 3.63) is 69.5 Å². The number of halogens is 1. The number of hydrogen-bond acceptors (Lipinski definition) is 4. The van der Waals surface area contributed by atoms with Crippen molar-refractivity contribution in [3.63, 3.8) is 0 Å². The van der Waals surface area contributed by atoms with Crippen LogP contribution in [-0.2, 0) is 0 Å². The van der Waals surface area contributed by atoms with Gasteiger partial charge in [0.25, 0.3) is 11.6 Å². The van der Waals surface area contributed by atoms with Crippen LogP contribution in [0.15, 0.2) is 42.5 Å². The molecule has 2 aromatic rings. The highest BCUT2D eigenvalue weighted by Gasteiger charge is 2.19. The van der Waals surface area contributed by atoms with E-state index in [-0.39, 0.29) is 11.1 Å². The second-order valence-corrected chi connectivity index (χ2v) is 5.13. The molecule has 0 heterocycles. The molecule has 0 aromatic heterocycles. The van der Waals surface area contributed by atoms with Crippen LogP contribution in [0, 0.1) is 22.9 Å². The first-order chi connectivity index (χ1) is 11.5. The second-order valence-electron chi connectivity index (χ2n) is 5.13. The molecule has 1 N–H and O–H groups in total. The minimum atomic E-state index is -0.776. The van der Waals surface area contributed by atoms with E-state index in [0.717, 1.165) is 17.9 Å². The third-order valence-electron chi connectivity index (χ3n) is 3.39. The number of hydrogen-bond donors (Lipinski definition) is 1. The molecular formula is C17H17FN2O4. The zero-order valence-electron chi connectivity index (χ0n) is 13.1. The van der Waals surface area contributed by atoms with E-state index in [1.165, 1.54) is 6.92 Å². The zero-order valence-corrected chi connectivity index (χ0v) is 13.1. The largest absolute Gasteiger partial charge is 0.494 e. The number of para-hydroxylation sites is 1. The summed E-state index contributed by atoms with van der Waals surface area (Å²) in [6.07, 6.45) is 0.553. The number of carbonyl (C=O) groups excluding carboxylic acids is 1. The Morgan fingerprint density at radius 1 is 1.29 bits per heavy atom. The SMILES string of the molecule is Cc1c(F)cc(C(=O)NCCCOc2ccccc2)cc1[N+](=O)[O-]. The van der Waals surface area contributed by atoms with Gasteiger partial charge in [0, 0.05) is 18.2 Å². The molecule has 0 atom stereocenters. The Morgan fingerprint density at radius 2 is 2.00 bits per heavy atom. The topological polar surface area (TPSA) is 81.5 Å². The van der Waals surface area contributed by atoms with E-state index < -0.39 is 22.3 Å². The highest BCUT2D eigenvalue weighted by molar-refractivity contribution is 5.95. The third-order valence-corrected chi connectivity index (χ3v) is 3.39. The van der Waals surface area contributed by atoms with Crippen molar-refractivity contribution >= 4 is 11.6 Å². The lowest BCUT2D eigenvalue weighted by Crippen LogP contribution is -2.25. The van der Waals surface area contributed by atoms with Gasteiger partial charge in [-0.15, -0.1) is 0 Å². The zero-order chi connectivity index (χ0) is 17.5. The van der Waals surface area contributed by atoms with Gasteiger partial charge in [-0.05, 0) is 31.5 Å². The molecule has 0 aliphatic rings. The summed E-state index contributed by atoms with van der Waals surface area (Å²) in [4.78, 5) is 22.1. The van der Waals surface area contributed by atoms with Crippen LogP contribution in [-0.4, -0.2) is 24.0 Å². The van der Waals surface area contributed by atoms with E-state index in [1.54, 1.807) is 0 Å². The quantitative estimate of drug-likeness (QED) is 0.479. The Balaban J connectivity index is 1.85. The van der Waals surface area contributed by atoms with Crippen molar-refractivity contribution in [1.29, 1.82) is 0 Å². The van der Waals surface area contributed by atoms with E-state index in [2.05, 4.69) is 5.32 Å². The summed E-state index contributed by atoms with van der Waals surface area (Å²) in [6, 6.07) is 11.3. The van der Waals surface area contributed by atoms with E-state index in [9.17, 15) is 19.3 Å². The van der Waals surface area contributed by atoms with Gasteiger partial charge in [0.15, 0.2) is 0 Å². The van der Waals surface area contributed by atoms with Crippen LogP contribution < -0.4 is 10.1 Å². The molecule has 0 spiro atoms. The van der Waals surface area contributed by atoms with E-state index >= 15 is 0 Å². The average molecular weight is 332 g/mol. The molecule has 0 bridgehead atoms. The van der Waals surface area contributed by atoms with Crippen molar-refractivity contribution in [2.75, 3.05) is 13.2 Å². The van der Waals surface area contributed by atoms with Crippen molar-refractivity contribution < 1.29 is 18.8 Å². The predicted octanol–water partition coefficient (Wildman–Crippen LogP) is 3.24. The molecule has 1 amide bonds. The van der Waals surface area contributed by atoms with Gasteiger partial charge in [0.2, 0.25) is 0 Å². The minimum absolute atomic E-state index is 0.0752. The smallest absolute Gasteiger partial charge is 0.276 e. The van der Waals surface area contributed by atoms with Crippen LogP contribution in [0.4, 0.5) is 10.1 Å². The lowest BCUT2D eigenvalue weighted by atomic mass is 10.1. The number of rotatable bonds is 7. The van der Waals surface area contributed by atoms with Gasteiger partial charge in [-0.25, -0.2) is 4.39 Å². The first kappa shape index (κ1) is 17.4. The maximum atomic E-state index is 13.7. The number of carbonyl (C=O) groups is 1. The summed E-state index contributed by atoms with van der Waals surface area (Å²) in [7, 11) is 0. The number of amides is 1. The molecule has 2 rings (SSSR count). The molecule has 0 radical (unpaired) electrons. The monoisotopic (exact) mass is 332 g/mol. The van der Waals surface area contributed by atoms with Gasteiger partial charge < -0.3 is 10.1 Å². The van der Waals surface area contributed by atoms with Crippen LogP contribution in [0.2, 0.25) is 0 Å². The lowest BCUT2D eigenvalue weighted by Gasteiger charge is -2.08. The van der Waals surface area contributed by atoms with Crippen LogP contribution >= 0.6 is 0 Å². The van der Waals surface area contributed by atoms with Crippen molar-refractivity contribution in [2.24, 2.45) is 0 Å². The van der Waals surface area contributed by atoms with Crippen molar-refractivity contribution in [3.8, 4) is 5.75 Å². The van der Waals surface area contributed by atoms with Crippen LogP contribution in [0.25, 0.3) is 0 Å². The summed E-state index contributed by atoms with van der Waals surface area (Å²) in [5.41, 5.74) is -0.575. The highest BCUT2D eigenvalue weighted by atomic mass is 19.1. The molecular weight excluding hydrogens is 315 g/mol. The van der Waals surface area contributed by atoms with Crippen LogP contribution in [0.3, 0.4) is 0 Å². The molecule has 2 aromatic carbocycles. The first-order valence-corrected chi connectivity index (χ1v) is 7.39. The fraction of sp³-hybridized carbons (Fsp3) is 0.235.